The first-order valence-corrected chi connectivity index (χ1v) is 8.10. The number of pyridine rings is 1. The van der Waals surface area contributed by atoms with Crippen molar-refractivity contribution < 1.29 is 13.2 Å². The molecule has 0 aliphatic rings. The summed E-state index contributed by atoms with van der Waals surface area (Å²) in [6.45, 7) is 5.33. The summed E-state index contributed by atoms with van der Waals surface area (Å²) >= 11 is 0. The fraction of sp³-hybridized carbons (Fsp3) is 0.538. The number of nitrogens with one attached hydrogen (secondary N) is 1. The van der Waals surface area contributed by atoms with E-state index in [1.54, 1.807) is 39.1 Å². The highest BCUT2D eigenvalue weighted by Gasteiger charge is 2.31. The van der Waals surface area contributed by atoms with Gasteiger partial charge in [-0.2, -0.15) is 4.31 Å². The molecule has 0 unspecified atom stereocenters. The van der Waals surface area contributed by atoms with Crippen LogP contribution in [0.25, 0.3) is 0 Å². The lowest BCUT2D eigenvalue weighted by atomic mass is 10.1. The monoisotopic (exact) mass is 299 g/mol. The standard InChI is InChI=1S/C13H21N3O3S/c1-13(2,3)16(20(4,18)19)10-12(17)15-9-11-7-5-6-8-14-11/h5-8H,9-10H2,1-4H3,(H,15,17). The first-order chi connectivity index (χ1) is 9.10. The summed E-state index contributed by atoms with van der Waals surface area (Å²) in [6.07, 6.45) is 2.74. The van der Waals surface area contributed by atoms with Crippen molar-refractivity contribution in [3.8, 4) is 0 Å². The van der Waals surface area contributed by atoms with E-state index < -0.39 is 15.6 Å². The van der Waals surface area contributed by atoms with Crippen molar-refractivity contribution in [3.63, 3.8) is 0 Å². The summed E-state index contributed by atoms with van der Waals surface area (Å²) < 4.78 is 24.6. The minimum absolute atomic E-state index is 0.199. The van der Waals surface area contributed by atoms with E-state index in [1.807, 2.05) is 6.07 Å². The second kappa shape index (κ2) is 6.32. The van der Waals surface area contributed by atoms with Crippen LogP contribution in [0.4, 0.5) is 0 Å². The van der Waals surface area contributed by atoms with Gasteiger partial charge in [0.15, 0.2) is 0 Å². The zero-order valence-electron chi connectivity index (χ0n) is 12.3. The minimum Gasteiger partial charge on any atom is -0.349 e. The molecule has 112 valence electrons. The van der Waals surface area contributed by atoms with Gasteiger partial charge in [-0.25, -0.2) is 8.42 Å². The van der Waals surface area contributed by atoms with Crippen LogP contribution in [-0.4, -0.2) is 42.0 Å². The third kappa shape index (κ3) is 5.26. The minimum atomic E-state index is -3.44. The Kier molecular flexibility index (Phi) is 5.24. The number of hydrogen-bond acceptors (Lipinski definition) is 4. The predicted octanol–water partition coefficient (Wildman–Crippen LogP) is 0.758. The molecule has 1 aromatic rings. The van der Waals surface area contributed by atoms with Crippen molar-refractivity contribution in [2.75, 3.05) is 12.8 Å². The van der Waals surface area contributed by atoms with E-state index in [1.165, 1.54) is 4.31 Å². The van der Waals surface area contributed by atoms with Gasteiger partial charge in [-0.15, -0.1) is 0 Å². The number of sulfonamides is 1. The number of hydrogen-bond donors (Lipinski definition) is 1. The Morgan fingerprint density at radius 1 is 1.35 bits per heavy atom. The van der Waals surface area contributed by atoms with Gasteiger partial charge in [0.25, 0.3) is 0 Å². The Morgan fingerprint density at radius 2 is 2.00 bits per heavy atom. The number of rotatable bonds is 5. The van der Waals surface area contributed by atoms with Gasteiger partial charge in [-0.3, -0.25) is 9.78 Å². The number of carbonyl (C=O) groups excluding carboxylic acids is 1. The molecule has 6 nitrogen and oxygen atoms in total. The lowest BCUT2D eigenvalue weighted by Crippen LogP contribution is -2.49. The first kappa shape index (κ1) is 16.6. The van der Waals surface area contributed by atoms with E-state index in [9.17, 15) is 13.2 Å². The number of carbonyl (C=O) groups is 1. The largest absolute Gasteiger partial charge is 0.349 e. The fourth-order valence-electron chi connectivity index (χ4n) is 1.73. The SMILES string of the molecule is CC(C)(C)N(CC(=O)NCc1ccccn1)S(C)(=O)=O. The Labute approximate surface area is 120 Å². The van der Waals surface area contributed by atoms with E-state index in [0.29, 0.717) is 0 Å². The molecule has 1 heterocycles. The third-order valence-corrected chi connectivity index (χ3v) is 4.11. The van der Waals surface area contributed by atoms with Crippen LogP contribution in [-0.2, 0) is 21.4 Å². The van der Waals surface area contributed by atoms with Crippen LogP contribution in [0.3, 0.4) is 0 Å². The van der Waals surface area contributed by atoms with Crippen LogP contribution in [0.15, 0.2) is 24.4 Å². The Morgan fingerprint density at radius 3 is 2.45 bits per heavy atom. The van der Waals surface area contributed by atoms with Gasteiger partial charge in [0.05, 0.1) is 25.0 Å². The molecule has 1 aromatic heterocycles. The molecular formula is C13H21N3O3S. The van der Waals surface area contributed by atoms with Gasteiger partial charge in [0.1, 0.15) is 0 Å². The quantitative estimate of drug-likeness (QED) is 0.870. The molecule has 0 aromatic carbocycles. The van der Waals surface area contributed by atoms with Gasteiger partial charge >= 0.3 is 0 Å². The second-order valence-corrected chi connectivity index (χ2v) is 7.45. The lowest BCUT2D eigenvalue weighted by Gasteiger charge is -2.32. The van der Waals surface area contributed by atoms with Crippen molar-refractivity contribution in [3.05, 3.63) is 30.1 Å². The van der Waals surface area contributed by atoms with Gasteiger partial charge < -0.3 is 5.32 Å². The normalized spacial score (nSPS) is 12.4. The molecular weight excluding hydrogens is 278 g/mol. The number of nitrogens with zero attached hydrogens (tertiary/aromatic N) is 2. The zero-order valence-corrected chi connectivity index (χ0v) is 13.1. The Balaban J connectivity index is 2.64. The van der Waals surface area contributed by atoms with E-state index in [0.717, 1.165) is 11.9 Å². The summed E-state index contributed by atoms with van der Waals surface area (Å²) in [5.41, 5.74) is 0.0816. The average Bonchev–Trinajstić information content (AvgIpc) is 2.32. The van der Waals surface area contributed by atoms with Crippen LogP contribution in [0.5, 0.6) is 0 Å². The van der Waals surface area contributed by atoms with Crippen LogP contribution in [0, 0.1) is 0 Å². The van der Waals surface area contributed by atoms with Crippen molar-refractivity contribution in [1.82, 2.24) is 14.6 Å². The molecule has 0 spiro atoms. The maximum absolute atomic E-state index is 11.9. The molecule has 0 aliphatic heterocycles. The van der Waals surface area contributed by atoms with Gasteiger partial charge in [-0.1, -0.05) is 6.07 Å². The molecule has 0 fully saturated rings. The van der Waals surface area contributed by atoms with Gasteiger partial charge in [0, 0.05) is 11.7 Å². The molecule has 0 radical (unpaired) electrons. The summed E-state index contributed by atoms with van der Waals surface area (Å²) in [6, 6.07) is 5.40. The van der Waals surface area contributed by atoms with E-state index in [-0.39, 0.29) is 19.0 Å². The highest BCUT2D eigenvalue weighted by Crippen LogP contribution is 2.16. The molecule has 1 N–H and O–H groups in total. The summed E-state index contributed by atoms with van der Waals surface area (Å²) in [5, 5.41) is 2.67. The van der Waals surface area contributed by atoms with Crippen LogP contribution in [0.2, 0.25) is 0 Å². The smallest absolute Gasteiger partial charge is 0.235 e. The lowest BCUT2D eigenvalue weighted by molar-refractivity contribution is -0.122. The molecule has 0 saturated carbocycles. The maximum atomic E-state index is 11.9. The highest BCUT2D eigenvalue weighted by atomic mass is 32.2. The fourth-order valence-corrected chi connectivity index (χ4v) is 3.08. The maximum Gasteiger partial charge on any atom is 0.235 e. The summed E-state index contributed by atoms with van der Waals surface area (Å²) in [7, 11) is -3.44. The molecule has 1 amide bonds. The molecule has 7 heteroatoms. The van der Waals surface area contributed by atoms with Crippen LogP contribution >= 0.6 is 0 Å². The topological polar surface area (TPSA) is 79.4 Å². The van der Waals surface area contributed by atoms with Crippen molar-refractivity contribution >= 4 is 15.9 Å². The summed E-state index contributed by atoms with van der Waals surface area (Å²) in [5.74, 6) is -0.351. The van der Waals surface area contributed by atoms with Gasteiger partial charge in [-0.05, 0) is 32.9 Å². The molecule has 0 saturated heterocycles. The zero-order chi connectivity index (χ0) is 15.4. The van der Waals surface area contributed by atoms with Crippen LogP contribution < -0.4 is 5.32 Å². The predicted molar refractivity (Wildman–Crippen MR) is 77.4 cm³/mol. The first-order valence-electron chi connectivity index (χ1n) is 6.25. The second-order valence-electron chi connectivity index (χ2n) is 5.54. The average molecular weight is 299 g/mol. The molecule has 1 rings (SSSR count). The van der Waals surface area contributed by atoms with E-state index in [2.05, 4.69) is 10.3 Å². The number of aromatic nitrogens is 1. The molecule has 0 atom stereocenters. The van der Waals surface area contributed by atoms with Gasteiger partial charge in [0.2, 0.25) is 15.9 Å². The molecule has 0 aliphatic carbocycles. The van der Waals surface area contributed by atoms with Crippen molar-refractivity contribution in [2.24, 2.45) is 0 Å². The van der Waals surface area contributed by atoms with Crippen molar-refractivity contribution in [2.45, 2.75) is 32.9 Å². The molecule has 0 bridgehead atoms. The summed E-state index contributed by atoms with van der Waals surface area (Å²) in [4.78, 5) is 16.0. The Bertz CT molecular complexity index is 550. The Hall–Kier alpha value is -1.47. The number of amides is 1. The van der Waals surface area contributed by atoms with Crippen molar-refractivity contribution in [1.29, 1.82) is 0 Å². The third-order valence-electron chi connectivity index (χ3n) is 2.63. The van der Waals surface area contributed by atoms with Crippen LogP contribution in [0.1, 0.15) is 26.5 Å². The highest BCUT2D eigenvalue weighted by molar-refractivity contribution is 7.88. The van der Waals surface area contributed by atoms with E-state index in [4.69, 9.17) is 0 Å². The van der Waals surface area contributed by atoms with E-state index >= 15 is 0 Å². The molecule has 20 heavy (non-hydrogen) atoms.